The van der Waals surface area contributed by atoms with Crippen LogP contribution in [0.1, 0.15) is 0 Å². The lowest BCUT2D eigenvalue weighted by Crippen LogP contribution is -2.14. The molecule has 2 aromatic carbocycles. The zero-order valence-electron chi connectivity index (χ0n) is 14.5. The fraction of sp³-hybridized carbons (Fsp3) is 0.118. The number of hydrogen-bond acceptors (Lipinski definition) is 7. The summed E-state index contributed by atoms with van der Waals surface area (Å²) in [6.07, 6.45) is 1.52. The van der Waals surface area contributed by atoms with Crippen molar-refractivity contribution in [1.29, 1.82) is 0 Å². The summed E-state index contributed by atoms with van der Waals surface area (Å²) in [5.41, 5.74) is 0.225. The predicted octanol–water partition coefficient (Wildman–Crippen LogP) is 3.05. The summed E-state index contributed by atoms with van der Waals surface area (Å²) in [7, 11) is 1.57. The maximum absolute atomic E-state index is 13.4. The molecule has 3 rings (SSSR count). The SMILES string of the molecule is COc1ccc(-n2cnnc2SCC(=O)Nc2ccc(F)c([N+](=O)[O-])c2)cc1. The molecular weight excluding hydrogens is 389 g/mol. The van der Waals surface area contributed by atoms with Gasteiger partial charge in [-0.05, 0) is 36.4 Å². The fourth-order valence-electron chi connectivity index (χ4n) is 2.30. The van der Waals surface area contributed by atoms with E-state index in [1.807, 2.05) is 12.1 Å². The number of carbonyl (C=O) groups is 1. The second-order valence-electron chi connectivity index (χ2n) is 5.44. The van der Waals surface area contributed by atoms with E-state index in [2.05, 4.69) is 15.5 Å². The van der Waals surface area contributed by atoms with Crippen LogP contribution in [0.3, 0.4) is 0 Å². The number of methoxy groups -OCH3 is 1. The summed E-state index contributed by atoms with van der Waals surface area (Å²) in [6.45, 7) is 0. The number of ether oxygens (including phenoxy) is 1. The number of halogens is 1. The van der Waals surface area contributed by atoms with Gasteiger partial charge < -0.3 is 10.1 Å². The molecule has 0 spiro atoms. The van der Waals surface area contributed by atoms with E-state index >= 15 is 0 Å². The molecule has 1 aromatic heterocycles. The van der Waals surface area contributed by atoms with Gasteiger partial charge in [0.25, 0.3) is 0 Å². The highest BCUT2D eigenvalue weighted by Crippen LogP contribution is 2.23. The number of rotatable bonds is 7. The average molecular weight is 403 g/mol. The molecule has 0 fully saturated rings. The maximum Gasteiger partial charge on any atom is 0.306 e. The van der Waals surface area contributed by atoms with Gasteiger partial charge in [0.15, 0.2) is 5.16 Å². The molecule has 3 aromatic rings. The molecule has 0 aliphatic rings. The highest BCUT2D eigenvalue weighted by molar-refractivity contribution is 7.99. The van der Waals surface area contributed by atoms with Crippen molar-refractivity contribution >= 4 is 29.0 Å². The van der Waals surface area contributed by atoms with E-state index in [9.17, 15) is 19.3 Å². The first kappa shape index (κ1) is 19.3. The lowest BCUT2D eigenvalue weighted by atomic mass is 10.2. The van der Waals surface area contributed by atoms with E-state index in [-0.39, 0.29) is 11.4 Å². The molecule has 144 valence electrons. The number of aromatic nitrogens is 3. The van der Waals surface area contributed by atoms with E-state index < -0.39 is 22.3 Å². The normalized spacial score (nSPS) is 10.5. The van der Waals surface area contributed by atoms with Crippen molar-refractivity contribution < 1.29 is 18.8 Å². The first-order chi connectivity index (χ1) is 13.5. The van der Waals surface area contributed by atoms with Crippen LogP contribution in [0.2, 0.25) is 0 Å². The number of nitrogens with zero attached hydrogens (tertiary/aromatic N) is 4. The molecule has 1 N–H and O–H groups in total. The minimum absolute atomic E-state index is 0.0139. The average Bonchev–Trinajstić information content (AvgIpc) is 3.16. The lowest BCUT2D eigenvalue weighted by Gasteiger charge is -2.08. The number of nitro benzene ring substituents is 1. The maximum atomic E-state index is 13.4. The Morgan fingerprint density at radius 3 is 2.75 bits per heavy atom. The summed E-state index contributed by atoms with van der Waals surface area (Å²) in [6, 6.07) is 10.4. The van der Waals surface area contributed by atoms with E-state index in [0.717, 1.165) is 29.6 Å². The van der Waals surface area contributed by atoms with E-state index in [1.54, 1.807) is 23.8 Å². The van der Waals surface area contributed by atoms with Gasteiger partial charge in [0, 0.05) is 17.4 Å². The number of anilines is 1. The van der Waals surface area contributed by atoms with Crippen LogP contribution < -0.4 is 10.1 Å². The van der Waals surface area contributed by atoms with Crippen LogP contribution in [0.25, 0.3) is 5.69 Å². The van der Waals surface area contributed by atoms with Gasteiger partial charge in [-0.1, -0.05) is 11.8 Å². The van der Waals surface area contributed by atoms with Gasteiger partial charge in [-0.3, -0.25) is 19.5 Å². The lowest BCUT2D eigenvalue weighted by molar-refractivity contribution is -0.387. The summed E-state index contributed by atoms with van der Waals surface area (Å²) >= 11 is 1.14. The molecule has 0 aliphatic carbocycles. The number of amides is 1. The van der Waals surface area contributed by atoms with Crippen molar-refractivity contribution in [3.05, 3.63) is 64.7 Å². The van der Waals surface area contributed by atoms with Crippen molar-refractivity contribution in [1.82, 2.24) is 14.8 Å². The molecule has 1 amide bonds. The molecule has 0 bridgehead atoms. The smallest absolute Gasteiger partial charge is 0.306 e. The van der Waals surface area contributed by atoms with Crippen molar-refractivity contribution in [3.8, 4) is 11.4 Å². The van der Waals surface area contributed by atoms with Gasteiger partial charge in [0.2, 0.25) is 11.7 Å². The third kappa shape index (κ3) is 4.43. The van der Waals surface area contributed by atoms with Gasteiger partial charge in [0.1, 0.15) is 12.1 Å². The molecule has 11 heteroatoms. The minimum atomic E-state index is -0.968. The molecule has 28 heavy (non-hydrogen) atoms. The fourth-order valence-corrected chi connectivity index (χ4v) is 3.03. The van der Waals surface area contributed by atoms with Gasteiger partial charge in [-0.25, -0.2) is 0 Å². The molecule has 0 aliphatic heterocycles. The number of benzene rings is 2. The van der Waals surface area contributed by atoms with Gasteiger partial charge in [0.05, 0.1) is 17.8 Å². The first-order valence-corrected chi connectivity index (χ1v) is 8.87. The zero-order valence-corrected chi connectivity index (χ0v) is 15.4. The van der Waals surface area contributed by atoms with E-state index in [0.29, 0.717) is 10.9 Å². The van der Waals surface area contributed by atoms with Crippen LogP contribution in [-0.4, -0.2) is 38.5 Å². The molecule has 9 nitrogen and oxygen atoms in total. The van der Waals surface area contributed by atoms with Crippen LogP contribution in [0.15, 0.2) is 53.9 Å². The summed E-state index contributed by atoms with van der Waals surface area (Å²) in [4.78, 5) is 22.1. The quantitative estimate of drug-likeness (QED) is 0.366. The summed E-state index contributed by atoms with van der Waals surface area (Å²) in [5, 5.41) is 21.6. The second-order valence-corrected chi connectivity index (χ2v) is 6.38. The van der Waals surface area contributed by atoms with Crippen LogP contribution >= 0.6 is 11.8 Å². The Labute approximate surface area is 162 Å². The molecule has 0 atom stereocenters. The molecule has 0 saturated heterocycles. The number of nitro groups is 1. The van der Waals surface area contributed by atoms with Gasteiger partial charge in [-0.15, -0.1) is 10.2 Å². The van der Waals surface area contributed by atoms with Crippen molar-refractivity contribution in [3.63, 3.8) is 0 Å². The van der Waals surface area contributed by atoms with Crippen molar-refractivity contribution in [2.24, 2.45) is 0 Å². The van der Waals surface area contributed by atoms with Crippen molar-refractivity contribution in [2.45, 2.75) is 5.16 Å². The van der Waals surface area contributed by atoms with E-state index in [1.165, 1.54) is 12.4 Å². The van der Waals surface area contributed by atoms with Gasteiger partial charge >= 0.3 is 5.69 Å². The largest absolute Gasteiger partial charge is 0.497 e. The Balaban J connectivity index is 1.65. The van der Waals surface area contributed by atoms with Crippen LogP contribution in [0, 0.1) is 15.9 Å². The molecule has 0 radical (unpaired) electrons. The zero-order chi connectivity index (χ0) is 20.1. The number of nitrogens with one attached hydrogen (secondary N) is 1. The number of thioether (sulfide) groups is 1. The third-order valence-corrected chi connectivity index (χ3v) is 4.57. The van der Waals surface area contributed by atoms with E-state index in [4.69, 9.17) is 4.74 Å². The Morgan fingerprint density at radius 1 is 1.32 bits per heavy atom. The summed E-state index contributed by atoms with van der Waals surface area (Å²) < 4.78 is 20.2. The second kappa shape index (κ2) is 8.48. The topological polar surface area (TPSA) is 112 Å². The Bertz CT molecular complexity index is 1010. The molecule has 0 saturated carbocycles. The predicted molar refractivity (Wildman–Crippen MR) is 100 cm³/mol. The van der Waals surface area contributed by atoms with Crippen LogP contribution in [0.4, 0.5) is 15.8 Å². The van der Waals surface area contributed by atoms with Crippen LogP contribution in [-0.2, 0) is 4.79 Å². The minimum Gasteiger partial charge on any atom is -0.497 e. The molecule has 1 heterocycles. The highest BCUT2D eigenvalue weighted by Gasteiger charge is 2.16. The summed E-state index contributed by atoms with van der Waals surface area (Å²) in [5.74, 6) is -0.695. The number of hydrogen-bond donors (Lipinski definition) is 1. The highest BCUT2D eigenvalue weighted by atomic mass is 32.2. The Morgan fingerprint density at radius 2 is 2.07 bits per heavy atom. The van der Waals surface area contributed by atoms with Crippen molar-refractivity contribution in [2.75, 3.05) is 18.2 Å². The van der Waals surface area contributed by atoms with Gasteiger partial charge in [-0.2, -0.15) is 4.39 Å². The Kier molecular flexibility index (Phi) is 5.84. The van der Waals surface area contributed by atoms with Crippen LogP contribution in [0.5, 0.6) is 5.75 Å². The molecular formula is C17H14FN5O4S. The molecule has 0 unspecified atom stereocenters. The third-order valence-electron chi connectivity index (χ3n) is 3.63. The first-order valence-electron chi connectivity index (χ1n) is 7.89. The standard InChI is InChI=1S/C17H14FN5O4S/c1-27-13-5-3-12(4-6-13)22-10-19-21-17(22)28-9-16(24)20-11-2-7-14(18)15(8-11)23(25)26/h2-8,10H,9H2,1H3,(H,20,24). The Hall–Kier alpha value is -3.47. The number of carbonyl (C=O) groups excluding carboxylic acids is 1. The monoisotopic (exact) mass is 403 g/mol.